The predicted octanol–water partition coefficient (Wildman–Crippen LogP) is 2.77. The summed E-state index contributed by atoms with van der Waals surface area (Å²) in [5.74, 6) is 0. The second kappa shape index (κ2) is 9.77. The van der Waals surface area contributed by atoms with Crippen LogP contribution in [0.15, 0.2) is 35.2 Å². The number of hydrogen-bond acceptors (Lipinski definition) is 6. The zero-order chi connectivity index (χ0) is 24.4. The fourth-order valence-electron chi connectivity index (χ4n) is 4.44. The van der Waals surface area contributed by atoms with E-state index < -0.39 is 46.6 Å². The van der Waals surface area contributed by atoms with Crippen molar-refractivity contribution in [1.29, 1.82) is 0 Å². The number of hydrogen-bond donors (Lipinski definition) is 1. The van der Waals surface area contributed by atoms with Crippen LogP contribution < -0.4 is 0 Å². The Kier molecular flexibility index (Phi) is 7.62. The number of alkyl halides is 3. The van der Waals surface area contributed by atoms with Crippen LogP contribution in [0.3, 0.4) is 0 Å². The predicted molar refractivity (Wildman–Crippen MR) is 112 cm³/mol. The first-order chi connectivity index (χ1) is 15.4. The number of carbonyl (C=O) groups excluding carboxylic acids is 1. The minimum Gasteiger partial charge on any atom is -0.434 e. The van der Waals surface area contributed by atoms with E-state index in [2.05, 4.69) is 4.74 Å². The standard InChI is InChI=1S/C21H29F3N2O6S/c1-15(2)26(33(29,30)17-6-4-3-5-7-17)16-12-20(31-14-16)8-10-25(11-9-20)19(28)32-18(13-27)21(22,23)24/h3-7,15-16,18,27H,8-14H2,1-2H3. The number of halogens is 3. The molecule has 0 aliphatic carbocycles. The van der Waals surface area contributed by atoms with Crippen molar-refractivity contribution in [2.45, 2.75) is 68.0 Å². The third-order valence-corrected chi connectivity index (χ3v) is 8.23. The molecule has 33 heavy (non-hydrogen) atoms. The van der Waals surface area contributed by atoms with E-state index in [0.717, 1.165) is 4.90 Å². The molecule has 2 saturated heterocycles. The molecule has 2 aliphatic heterocycles. The molecule has 2 heterocycles. The van der Waals surface area contributed by atoms with Crippen LogP contribution in [-0.4, -0.2) is 85.1 Å². The van der Waals surface area contributed by atoms with Crippen molar-refractivity contribution in [1.82, 2.24) is 9.21 Å². The molecule has 1 N–H and O–H groups in total. The average molecular weight is 495 g/mol. The molecule has 2 atom stereocenters. The van der Waals surface area contributed by atoms with Gasteiger partial charge < -0.3 is 19.5 Å². The second-order valence-corrected chi connectivity index (χ2v) is 10.5. The maximum atomic E-state index is 13.3. The number of aliphatic hydroxyl groups excluding tert-OH is 1. The van der Waals surface area contributed by atoms with Gasteiger partial charge in [-0.15, -0.1) is 0 Å². The first-order valence-electron chi connectivity index (χ1n) is 10.8. The van der Waals surface area contributed by atoms with Gasteiger partial charge in [-0.1, -0.05) is 18.2 Å². The van der Waals surface area contributed by atoms with Crippen LogP contribution in [0.2, 0.25) is 0 Å². The molecule has 2 aliphatic rings. The molecule has 0 saturated carbocycles. The molecule has 1 aromatic carbocycles. The van der Waals surface area contributed by atoms with Crippen LogP contribution in [0.4, 0.5) is 18.0 Å². The SMILES string of the molecule is CC(C)N(C1COC2(CCN(C(=O)OC(CO)C(F)(F)F)CC2)C1)S(=O)(=O)c1ccccc1. The normalized spacial score (nSPS) is 22.2. The van der Waals surface area contributed by atoms with Crippen molar-refractivity contribution in [2.24, 2.45) is 0 Å². The number of rotatable bonds is 6. The van der Waals surface area contributed by atoms with Crippen LogP contribution >= 0.6 is 0 Å². The average Bonchev–Trinajstić information content (AvgIpc) is 3.14. The molecule has 1 amide bonds. The van der Waals surface area contributed by atoms with Gasteiger partial charge in [-0.05, 0) is 45.2 Å². The maximum absolute atomic E-state index is 13.3. The zero-order valence-corrected chi connectivity index (χ0v) is 19.3. The highest BCUT2D eigenvalue weighted by Gasteiger charge is 2.49. The summed E-state index contributed by atoms with van der Waals surface area (Å²) in [5, 5.41) is 8.86. The van der Waals surface area contributed by atoms with Gasteiger partial charge in [-0.2, -0.15) is 17.5 Å². The Morgan fingerprint density at radius 2 is 1.88 bits per heavy atom. The third-order valence-electron chi connectivity index (χ3n) is 6.08. The Balaban J connectivity index is 1.65. The first-order valence-corrected chi connectivity index (χ1v) is 12.2. The number of piperidine rings is 1. The van der Waals surface area contributed by atoms with Gasteiger partial charge in [0, 0.05) is 19.1 Å². The summed E-state index contributed by atoms with van der Waals surface area (Å²) in [4.78, 5) is 13.5. The molecule has 0 aromatic heterocycles. The van der Waals surface area contributed by atoms with Crippen LogP contribution in [0.25, 0.3) is 0 Å². The lowest BCUT2D eigenvalue weighted by Crippen LogP contribution is -2.50. The van der Waals surface area contributed by atoms with Gasteiger partial charge in [-0.3, -0.25) is 0 Å². The highest BCUT2D eigenvalue weighted by Crippen LogP contribution is 2.40. The molecular weight excluding hydrogens is 465 g/mol. The van der Waals surface area contributed by atoms with Crippen molar-refractivity contribution < 1.29 is 41.0 Å². The number of amides is 1. The minimum absolute atomic E-state index is 0.106. The molecule has 3 rings (SSSR count). The Bertz CT molecular complexity index is 918. The summed E-state index contributed by atoms with van der Waals surface area (Å²) < 4.78 is 76.7. The molecule has 2 fully saturated rings. The summed E-state index contributed by atoms with van der Waals surface area (Å²) in [6.07, 6.45) is -7.48. The van der Waals surface area contributed by atoms with Crippen molar-refractivity contribution in [3.05, 3.63) is 30.3 Å². The molecule has 8 nitrogen and oxygen atoms in total. The minimum atomic E-state index is -4.85. The van der Waals surface area contributed by atoms with E-state index in [1.165, 1.54) is 4.31 Å². The van der Waals surface area contributed by atoms with E-state index in [9.17, 15) is 26.4 Å². The van der Waals surface area contributed by atoms with E-state index >= 15 is 0 Å². The van der Waals surface area contributed by atoms with E-state index in [0.29, 0.717) is 19.3 Å². The number of nitrogens with zero attached hydrogens (tertiary/aromatic N) is 2. The van der Waals surface area contributed by atoms with Gasteiger partial charge in [0.25, 0.3) is 0 Å². The molecule has 1 aromatic rings. The van der Waals surface area contributed by atoms with E-state index in [-0.39, 0.29) is 30.6 Å². The summed E-state index contributed by atoms with van der Waals surface area (Å²) in [7, 11) is -3.76. The molecule has 12 heteroatoms. The van der Waals surface area contributed by atoms with Gasteiger partial charge in [0.2, 0.25) is 16.1 Å². The van der Waals surface area contributed by atoms with E-state index in [1.54, 1.807) is 44.2 Å². The maximum Gasteiger partial charge on any atom is 0.427 e. The Morgan fingerprint density at radius 1 is 1.27 bits per heavy atom. The first kappa shape index (κ1) is 25.7. The van der Waals surface area contributed by atoms with E-state index in [1.807, 2.05) is 0 Å². The molecule has 186 valence electrons. The monoisotopic (exact) mass is 494 g/mol. The molecule has 2 unspecified atom stereocenters. The topological polar surface area (TPSA) is 96.4 Å². The number of aliphatic hydroxyl groups is 1. The van der Waals surface area contributed by atoms with Crippen molar-refractivity contribution >= 4 is 16.1 Å². The van der Waals surface area contributed by atoms with Gasteiger partial charge in [0.05, 0.1) is 29.8 Å². The quantitative estimate of drug-likeness (QED) is 0.654. The highest BCUT2D eigenvalue weighted by atomic mass is 32.2. The number of benzene rings is 1. The fraction of sp³-hybridized carbons (Fsp3) is 0.667. The summed E-state index contributed by atoms with van der Waals surface area (Å²) in [5.41, 5.74) is -0.665. The lowest BCUT2D eigenvalue weighted by Gasteiger charge is -2.39. The molecular formula is C21H29F3N2O6S. The highest BCUT2D eigenvalue weighted by molar-refractivity contribution is 7.89. The lowest BCUT2D eigenvalue weighted by atomic mass is 9.87. The summed E-state index contributed by atoms with van der Waals surface area (Å²) in [6.45, 7) is 2.64. The number of ether oxygens (including phenoxy) is 2. The van der Waals surface area contributed by atoms with Gasteiger partial charge in [-0.25, -0.2) is 13.2 Å². The fourth-order valence-corrected chi connectivity index (χ4v) is 6.27. The Hall–Kier alpha value is -1.89. The van der Waals surface area contributed by atoms with Crippen molar-refractivity contribution in [3.8, 4) is 0 Å². The van der Waals surface area contributed by atoms with Crippen LogP contribution in [0.5, 0.6) is 0 Å². The van der Waals surface area contributed by atoms with Gasteiger partial charge in [0.1, 0.15) is 0 Å². The molecule has 0 bridgehead atoms. The summed E-state index contributed by atoms with van der Waals surface area (Å²) >= 11 is 0. The Labute approximate surface area is 191 Å². The number of likely N-dealkylation sites (tertiary alicyclic amines) is 1. The zero-order valence-electron chi connectivity index (χ0n) is 18.5. The largest absolute Gasteiger partial charge is 0.434 e. The van der Waals surface area contributed by atoms with Crippen molar-refractivity contribution in [3.63, 3.8) is 0 Å². The van der Waals surface area contributed by atoms with Crippen LogP contribution in [0, 0.1) is 0 Å². The molecule has 0 radical (unpaired) electrons. The number of sulfonamides is 1. The lowest BCUT2D eigenvalue weighted by molar-refractivity contribution is -0.215. The third kappa shape index (κ3) is 5.61. The van der Waals surface area contributed by atoms with Crippen LogP contribution in [-0.2, 0) is 19.5 Å². The second-order valence-electron chi connectivity index (χ2n) is 8.68. The molecule has 1 spiro atoms. The van der Waals surface area contributed by atoms with Gasteiger partial charge >= 0.3 is 12.3 Å². The van der Waals surface area contributed by atoms with Crippen molar-refractivity contribution in [2.75, 3.05) is 26.3 Å². The van der Waals surface area contributed by atoms with Gasteiger partial charge in [0.15, 0.2) is 0 Å². The summed E-state index contributed by atoms with van der Waals surface area (Å²) in [6, 6.07) is 7.43. The van der Waals surface area contributed by atoms with Crippen LogP contribution in [0.1, 0.15) is 33.1 Å². The Morgan fingerprint density at radius 3 is 2.39 bits per heavy atom. The smallest absolute Gasteiger partial charge is 0.427 e. The number of carbonyl (C=O) groups is 1. The van der Waals surface area contributed by atoms with E-state index in [4.69, 9.17) is 9.84 Å².